The van der Waals surface area contributed by atoms with Crippen molar-refractivity contribution in [1.29, 1.82) is 0 Å². The zero-order valence-electron chi connectivity index (χ0n) is 15.3. The molecule has 5 rings (SSSR count). The van der Waals surface area contributed by atoms with Gasteiger partial charge in [-0.05, 0) is 35.4 Å². The van der Waals surface area contributed by atoms with Gasteiger partial charge in [0.15, 0.2) is 5.82 Å². The standard InChI is InChI=1S/C22H17FN4O2/c23-17-11-15(24-22(29)18-7-8-19(28)25-18)10-16-20(26-27-21(16)17)14-6-5-12-3-1-2-4-13(12)9-14/h1-6,9-11,18H,7-8H2,(H,24,29)(H,25,28)(H,26,27)/t18-/m1/s1. The molecule has 0 spiro atoms. The van der Waals surface area contributed by atoms with Crippen LogP contribution in [-0.4, -0.2) is 28.1 Å². The van der Waals surface area contributed by atoms with Crippen LogP contribution in [0, 0.1) is 5.82 Å². The number of aromatic amines is 1. The molecule has 1 atom stereocenters. The van der Waals surface area contributed by atoms with Crippen molar-refractivity contribution in [2.75, 3.05) is 5.32 Å². The van der Waals surface area contributed by atoms with Crippen molar-refractivity contribution in [2.45, 2.75) is 18.9 Å². The van der Waals surface area contributed by atoms with E-state index in [0.717, 1.165) is 16.3 Å². The molecule has 1 saturated heterocycles. The molecule has 0 bridgehead atoms. The highest BCUT2D eigenvalue weighted by Crippen LogP contribution is 2.32. The van der Waals surface area contributed by atoms with E-state index < -0.39 is 11.9 Å². The van der Waals surface area contributed by atoms with Gasteiger partial charge in [-0.25, -0.2) is 4.39 Å². The van der Waals surface area contributed by atoms with E-state index >= 15 is 0 Å². The Hall–Kier alpha value is -3.74. The molecular weight excluding hydrogens is 371 g/mol. The Kier molecular flexibility index (Phi) is 4.01. The molecule has 4 aromatic rings. The van der Waals surface area contributed by atoms with Crippen molar-refractivity contribution in [1.82, 2.24) is 15.5 Å². The van der Waals surface area contributed by atoms with Gasteiger partial charge in [-0.3, -0.25) is 14.7 Å². The fourth-order valence-corrected chi connectivity index (χ4v) is 3.75. The number of hydrogen-bond acceptors (Lipinski definition) is 3. The summed E-state index contributed by atoms with van der Waals surface area (Å²) >= 11 is 0. The molecule has 6 nitrogen and oxygen atoms in total. The van der Waals surface area contributed by atoms with Crippen molar-refractivity contribution in [2.24, 2.45) is 0 Å². The molecule has 1 aliphatic heterocycles. The van der Waals surface area contributed by atoms with Crippen LogP contribution in [0.25, 0.3) is 32.9 Å². The number of halogens is 1. The minimum absolute atomic E-state index is 0.153. The lowest BCUT2D eigenvalue weighted by molar-refractivity contribution is -0.122. The van der Waals surface area contributed by atoms with Gasteiger partial charge >= 0.3 is 0 Å². The third-order valence-corrected chi connectivity index (χ3v) is 5.23. The van der Waals surface area contributed by atoms with Crippen LogP contribution in [0.15, 0.2) is 54.6 Å². The summed E-state index contributed by atoms with van der Waals surface area (Å²) in [5, 5.41) is 15.1. The average molecular weight is 388 g/mol. The molecule has 0 unspecified atom stereocenters. The number of rotatable bonds is 3. The van der Waals surface area contributed by atoms with Crippen LogP contribution in [0.2, 0.25) is 0 Å². The molecule has 1 aromatic heterocycles. The first-order valence-electron chi connectivity index (χ1n) is 9.35. The highest BCUT2D eigenvalue weighted by atomic mass is 19.1. The zero-order chi connectivity index (χ0) is 20.0. The first kappa shape index (κ1) is 17.4. The zero-order valence-corrected chi connectivity index (χ0v) is 15.3. The first-order valence-corrected chi connectivity index (χ1v) is 9.35. The van der Waals surface area contributed by atoms with Gasteiger partial charge in [0.2, 0.25) is 11.8 Å². The van der Waals surface area contributed by atoms with E-state index in [9.17, 15) is 14.0 Å². The van der Waals surface area contributed by atoms with Gasteiger partial charge in [0.25, 0.3) is 0 Å². The number of carbonyl (C=O) groups is 2. The molecule has 2 amide bonds. The van der Waals surface area contributed by atoms with Crippen molar-refractivity contribution < 1.29 is 14.0 Å². The fraction of sp³-hybridized carbons (Fsp3) is 0.136. The van der Waals surface area contributed by atoms with Crippen LogP contribution in [0.3, 0.4) is 0 Å². The number of hydrogen-bond donors (Lipinski definition) is 3. The maximum absolute atomic E-state index is 14.6. The van der Waals surface area contributed by atoms with E-state index in [1.54, 1.807) is 6.07 Å². The molecule has 0 radical (unpaired) electrons. The first-order chi connectivity index (χ1) is 14.1. The second-order valence-electron chi connectivity index (χ2n) is 7.16. The van der Waals surface area contributed by atoms with Crippen LogP contribution in [0.1, 0.15) is 12.8 Å². The quantitative estimate of drug-likeness (QED) is 0.500. The fourth-order valence-electron chi connectivity index (χ4n) is 3.75. The van der Waals surface area contributed by atoms with Gasteiger partial charge in [0.1, 0.15) is 17.3 Å². The van der Waals surface area contributed by atoms with Crippen LogP contribution >= 0.6 is 0 Å². The monoisotopic (exact) mass is 388 g/mol. The molecule has 29 heavy (non-hydrogen) atoms. The third-order valence-electron chi connectivity index (χ3n) is 5.23. The number of anilines is 1. The molecule has 7 heteroatoms. The Morgan fingerprint density at radius 3 is 2.72 bits per heavy atom. The summed E-state index contributed by atoms with van der Waals surface area (Å²) in [5.41, 5.74) is 2.06. The Bertz CT molecular complexity index is 1280. The minimum atomic E-state index is -0.592. The smallest absolute Gasteiger partial charge is 0.246 e. The van der Waals surface area contributed by atoms with E-state index in [0.29, 0.717) is 29.6 Å². The van der Waals surface area contributed by atoms with E-state index in [1.165, 1.54) is 6.07 Å². The maximum atomic E-state index is 14.6. The number of benzene rings is 3. The predicted octanol–water partition coefficient (Wildman–Crippen LogP) is 3.74. The van der Waals surface area contributed by atoms with Gasteiger partial charge in [-0.2, -0.15) is 5.10 Å². The van der Waals surface area contributed by atoms with E-state index in [1.807, 2.05) is 42.5 Å². The molecule has 144 valence electrons. The molecule has 0 aliphatic carbocycles. The lowest BCUT2D eigenvalue weighted by atomic mass is 10.0. The third kappa shape index (κ3) is 3.10. The molecular formula is C22H17FN4O2. The van der Waals surface area contributed by atoms with Gasteiger partial charge in [0, 0.05) is 23.1 Å². The van der Waals surface area contributed by atoms with Crippen LogP contribution in [0.5, 0.6) is 0 Å². The summed E-state index contributed by atoms with van der Waals surface area (Å²) in [6.45, 7) is 0. The summed E-state index contributed by atoms with van der Waals surface area (Å²) in [6, 6.07) is 16.3. The molecule has 3 N–H and O–H groups in total. The van der Waals surface area contributed by atoms with Crippen LogP contribution in [-0.2, 0) is 9.59 Å². The lowest BCUT2D eigenvalue weighted by Crippen LogP contribution is -2.37. The maximum Gasteiger partial charge on any atom is 0.246 e. The molecule has 2 heterocycles. The van der Waals surface area contributed by atoms with E-state index in [-0.39, 0.29) is 17.3 Å². The highest BCUT2D eigenvalue weighted by molar-refractivity contribution is 6.02. The Morgan fingerprint density at radius 1 is 1.10 bits per heavy atom. The highest BCUT2D eigenvalue weighted by Gasteiger charge is 2.27. The SMILES string of the molecule is O=C1CC[C@H](C(=O)Nc2cc(F)c3[nH]nc(-c4ccc5ccccc5c4)c3c2)N1. The largest absolute Gasteiger partial charge is 0.344 e. The van der Waals surface area contributed by atoms with Gasteiger partial charge in [-0.1, -0.05) is 36.4 Å². The summed E-state index contributed by atoms with van der Waals surface area (Å²) in [5.74, 6) is -1.02. The Labute approximate surface area is 165 Å². The number of carbonyl (C=O) groups excluding carboxylic acids is 2. The minimum Gasteiger partial charge on any atom is -0.344 e. The summed E-state index contributed by atoms with van der Waals surface area (Å²) in [6.07, 6.45) is 0.753. The topological polar surface area (TPSA) is 86.9 Å². The molecule has 3 aromatic carbocycles. The molecule has 0 saturated carbocycles. The lowest BCUT2D eigenvalue weighted by Gasteiger charge is -2.11. The van der Waals surface area contributed by atoms with Gasteiger partial charge < -0.3 is 10.6 Å². The van der Waals surface area contributed by atoms with Crippen molar-refractivity contribution >= 4 is 39.2 Å². The second kappa shape index (κ2) is 6.70. The van der Waals surface area contributed by atoms with Crippen LogP contribution < -0.4 is 10.6 Å². The van der Waals surface area contributed by atoms with Gasteiger partial charge in [0.05, 0.1) is 0 Å². The number of fused-ring (bicyclic) bond motifs is 2. The normalized spacial score (nSPS) is 16.3. The predicted molar refractivity (Wildman–Crippen MR) is 109 cm³/mol. The number of aromatic nitrogens is 2. The van der Waals surface area contributed by atoms with E-state index in [2.05, 4.69) is 20.8 Å². The van der Waals surface area contributed by atoms with Crippen molar-refractivity contribution in [3.63, 3.8) is 0 Å². The number of nitrogens with zero attached hydrogens (tertiary/aromatic N) is 1. The van der Waals surface area contributed by atoms with E-state index in [4.69, 9.17) is 0 Å². The van der Waals surface area contributed by atoms with Crippen LogP contribution in [0.4, 0.5) is 10.1 Å². The summed E-state index contributed by atoms with van der Waals surface area (Å²) in [4.78, 5) is 23.7. The van der Waals surface area contributed by atoms with Gasteiger partial charge in [-0.15, -0.1) is 0 Å². The van der Waals surface area contributed by atoms with Crippen molar-refractivity contribution in [3.05, 3.63) is 60.4 Å². The summed E-state index contributed by atoms with van der Waals surface area (Å²) in [7, 11) is 0. The Balaban J connectivity index is 1.53. The Morgan fingerprint density at radius 2 is 1.93 bits per heavy atom. The average Bonchev–Trinajstić information content (AvgIpc) is 3.34. The molecule has 1 aliphatic rings. The number of H-pyrrole nitrogens is 1. The second-order valence-corrected chi connectivity index (χ2v) is 7.16. The number of amides is 2. The van der Waals surface area contributed by atoms with Crippen molar-refractivity contribution in [3.8, 4) is 11.3 Å². The number of nitrogens with one attached hydrogen (secondary N) is 3. The molecule has 1 fully saturated rings. The summed E-state index contributed by atoms with van der Waals surface area (Å²) < 4.78 is 14.6.